The Kier molecular flexibility index (Phi) is 6.15. The van der Waals surface area contributed by atoms with E-state index in [-0.39, 0.29) is 17.1 Å². The van der Waals surface area contributed by atoms with Gasteiger partial charge in [0.15, 0.2) is 0 Å². The van der Waals surface area contributed by atoms with Crippen LogP contribution in [0.2, 0.25) is 0 Å². The highest BCUT2D eigenvalue weighted by Gasteiger charge is 2.36. The maximum atomic E-state index is 13.4. The van der Waals surface area contributed by atoms with E-state index in [1.54, 1.807) is 6.07 Å². The van der Waals surface area contributed by atoms with Crippen LogP contribution >= 0.6 is 0 Å². The van der Waals surface area contributed by atoms with E-state index in [1.807, 2.05) is 37.3 Å². The van der Waals surface area contributed by atoms with Gasteiger partial charge in [0.1, 0.15) is 11.6 Å². The molecule has 0 bridgehead atoms. The van der Waals surface area contributed by atoms with Crippen LogP contribution in [-0.4, -0.2) is 19.1 Å². The number of para-hydroxylation sites is 1. The van der Waals surface area contributed by atoms with Crippen LogP contribution < -0.4 is 10.1 Å². The number of carbonyl (C=O) groups excluding carboxylic acids is 1. The molecule has 2 aromatic carbocycles. The van der Waals surface area contributed by atoms with Crippen LogP contribution in [-0.2, 0) is 5.41 Å². The molecule has 144 valence electrons. The Hall–Kier alpha value is -2.36. The summed E-state index contributed by atoms with van der Waals surface area (Å²) in [6.07, 6.45) is 4.21. The van der Waals surface area contributed by atoms with E-state index in [9.17, 15) is 9.18 Å². The first-order valence-electron chi connectivity index (χ1n) is 9.80. The lowest BCUT2D eigenvalue weighted by molar-refractivity contribution is 0.0929. The largest absolute Gasteiger partial charge is 0.493 e. The van der Waals surface area contributed by atoms with Crippen molar-refractivity contribution in [2.45, 2.75) is 44.9 Å². The summed E-state index contributed by atoms with van der Waals surface area (Å²) in [7, 11) is 0. The van der Waals surface area contributed by atoms with Gasteiger partial charge in [-0.3, -0.25) is 4.79 Å². The van der Waals surface area contributed by atoms with Crippen molar-refractivity contribution in [3.05, 3.63) is 65.5 Å². The van der Waals surface area contributed by atoms with E-state index in [2.05, 4.69) is 12.2 Å². The first-order valence-corrected chi connectivity index (χ1v) is 9.80. The van der Waals surface area contributed by atoms with Crippen LogP contribution in [0.1, 0.15) is 55.5 Å². The molecule has 27 heavy (non-hydrogen) atoms. The first kappa shape index (κ1) is 19.4. The molecule has 1 amide bonds. The SMILES string of the molecule is CCOc1ccccc1C(=O)NCC1(c2ccc(F)cc2)CCC(C)CC1. The van der Waals surface area contributed by atoms with Crippen molar-refractivity contribution in [2.24, 2.45) is 5.92 Å². The second-order valence-electron chi connectivity index (χ2n) is 7.58. The second-order valence-corrected chi connectivity index (χ2v) is 7.58. The minimum Gasteiger partial charge on any atom is -0.493 e. The summed E-state index contributed by atoms with van der Waals surface area (Å²) in [6.45, 7) is 5.24. The van der Waals surface area contributed by atoms with Gasteiger partial charge in [-0.15, -0.1) is 0 Å². The molecule has 3 rings (SSSR count). The molecule has 0 aromatic heterocycles. The first-order chi connectivity index (χ1) is 13.0. The maximum absolute atomic E-state index is 13.4. The molecule has 0 radical (unpaired) electrons. The van der Waals surface area contributed by atoms with Crippen LogP contribution in [0.15, 0.2) is 48.5 Å². The maximum Gasteiger partial charge on any atom is 0.255 e. The Morgan fingerprint density at radius 1 is 1.15 bits per heavy atom. The Balaban J connectivity index is 1.79. The summed E-state index contributed by atoms with van der Waals surface area (Å²) in [4.78, 5) is 12.8. The fourth-order valence-corrected chi connectivity index (χ4v) is 3.97. The lowest BCUT2D eigenvalue weighted by atomic mass is 9.67. The standard InChI is InChI=1S/C23H28FNO2/c1-3-27-21-7-5-4-6-20(21)22(26)25-16-23(14-12-17(2)13-15-23)18-8-10-19(24)11-9-18/h4-11,17H,3,12-16H2,1-2H3,(H,25,26). The number of halogens is 1. The number of nitrogens with one attached hydrogen (secondary N) is 1. The van der Waals surface area contributed by atoms with E-state index in [1.165, 1.54) is 12.1 Å². The van der Waals surface area contributed by atoms with Gasteiger partial charge in [0, 0.05) is 12.0 Å². The molecule has 0 heterocycles. The van der Waals surface area contributed by atoms with E-state index < -0.39 is 0 Å². The van der Waals surface area contributed by atoms with E-state index in [0.717, 1.165) is 31.2 Å². The zero-order valence-electron chi connectivity index (χ0n) is 16.1. The molecule has 1 saturated carbocycles. The number of ether oxygens (including phenoxy) is 1. The van der Waals surface area contributed by atoms with Crippen LogP contribution in [0.4, 0.5) is 4.39 Å². The zero-order chi connectivity index (χ0) is 19.3. The fourth-order valence-electron chi connectivity index (χ4n) is 3.97. The van der Waals surface area contributed by atoms with Gasteiger partial charge >= 0.3 is 0 Å². The predicted octanol–water partition coefficient (Wildman–Crippen LogP) is 5.10. The van der Waals surface area contributed by atoms with Crippen LogP contribution in [0, 0.1) is 11.7 Å². The van der Waals surface area contributed by atoms with Gasteiger partial charge in [-0.25, -0.2) is 4.39 Å². The summed E-state index contributed by atoms with van der Waals surface area (Å²) in [6, 6.07) is 14.1. The third-order valence-electron chi connectivity index (χ3n) is 5.71. The number of carbonyl (C=O) groups is 1. The van der Waals surface area contributed by atoms with Crippen molar-refractivity contribution in [1.29, 1.82) is 0 Å². The minimum atomic E-state index is -0.229. The highest BCUT2D eigenvalue weighted by molar-refractivity contribution is 5.97. The van der Waals surface area contributed by atoms with Crippen LogP contribution in [0.25, 0.3) is 0 Å². The van der Waals surface area contributed by atoms with Crippen molar-refractivity contribution >= 4 is 5.91 Å². The van der Waals surface area contributed by atoms with Gasteiger partial charge in [0.05, 0.1) is 12.2 Å². The minimum absolute atomic E-state index is 0.126. The number of rotatable bonds is 6. The third-order valence-corrected chi connectivity index (χ3v) is 5.71. The Labute approximate surface area is 160 Å². The molecule has 4 heteroatoms. The molecule has 0 atom stereocenters. The predicted molar refractivity (Wildman–Crippen MR) is 106 cm³/mol. The van der Waals surface area contributed by atoms with Crippen LogP contribution in [0.3, 0.4) is 0 Å². The molecule has 1 aliphatic rings. The molecule has 0 saturated heterocycles. The van der Waals surface area contributed by atoms with E-state index in [4.69, 9.17) is 4.74 Å². The Morgan fingerprint density at radius 2 is 1.81 bits per heavy atom. The highest BCUT2D eigenvalue weighted by atomic mass is 19.1. The Bertz CT molecular complexity index is 764. The number of amides is 1. The lowest BCUT2D eigenvalue weighted by Gasteiger charge is -2.40. The van der Waals surface area contributed by atoms with Gasteiger partial charge in [-0.1, -0.05) is 31.2 Å². The average molecular weight is 369 g/mol. The van der Waals surface area contributed by atoms with Gasteiger partial charge in [0.2, 0.25) is 0 Å². The normalized spacial score (nSPS) is 22.3. The molecule has 0 aliphatic heterocycles. The molecule has 1 fully saturated rings. The summed E-state index contributed by atoms with van der Waals surface area (Å²) in [5.74, 6) is 0.936. The molecule has 0 unspecified atom stereocenters. The Morgan fingerprint density at radius 3 is 2.48 bits per heavy atom. The van der Waals surface area contributed by atoms with Crippen molar-refractivity contribution < 1.29 is 13.9 Å². The van der Waals surface area contributed by atoms with E-state index >= 15 is 0 Å². The fraction of sp³-hybridized carbons (Fsp3) is 0.435. The highest BCUT2D eigenvalue weighted by Crippen LogP contribution is 2.41. The molecule has 1 aliphatic carbocycles. The zero-order valence-corrected chi connectivity index (χ0v) is 16.1. The van der Waals surface area contributed by atoms with Crippen molar-refractivity contribution in [2.75, 3.05) is 13.2 Å². The lowest BCUT2D eigenvalue weighted by Crippen LogP contribution is -2.43. The molecular formula is C23H28FNO2. The molecule has 2 aromatic rings. The topological polar surface area (TPSA) is 38.3 Å². The van der Waals surface area contributed by atoms with Gasteiger partial charge in [0.25, 0.3) is 5.91 Å². The quantitative estimate of drug-likeness (QED) is 0.769. The second kappa shape index (κ2) is 8.55. The molecule has 3 nitrogen and oxygen atoms in total. The van der Waals surface area contributed by atoms with Gasteiger partial charge in [-0.05, 0) is 68.4 Å². The molecular weight excluding hydrogens is 341 g/mol. The number of benzene rings is 2. The smallest absolute Gasteiger partial charge is 0.255 e. The van der Waals surface area contributed by atoms with Crippen molar-refractivity contribution in [3.63, 3.8) is 0 Å². The summed E-state index contributed by atoms with van der Waals surface area (Å²) in [5, 5.41) is 3.12. The summed E-state index contributed by atoms with van der Waals surface area (Å²) >= 11 is 0. The van der Waals surface area contributed by atoms with Gasteiger partial charge < -0.3 is 10.1 Å². The third kappa shape index (κ3) is 4.49. The van der Waals surface area contributed by atoms with Crippen LogP contribution in [0.5, 0.6) is 5.75 Å². The summed E-state index contributed by atoms with van der Waals surface area (Å²) < 4.78 is 19.0. The molecule has 1 N–H and O–H groups in total. The monoisotopic (exact) mass is 369 g/mol. The number of hydrogen-bond acceptors (Lipinski definition) is 2. The van der Waals surface area contributed by atoms with E-state index in [0.29, 0.717) is 30.4 Å². The number of hydrogen-bond donors (Lipinski definition) is 1. The van der Waals surface area contributed by atoms with Crippen molar-refractivity contribution in [1.82, 2.24) is 5.32 Å². The van der Waals surface area contributed by atoms with Gasteiger partial charge in [-0.2, -0.15) is 0 Å². The average Bonchev–Trinajstić information content (AvgIpc) is 2.69. The molecule has 0 spiro atoms. The van der Waals surface area contributed by atoms with Crippen molar-refractivity contribution in [3.8, 4) is 5.75 Å². The summed E-state index contributed by atoms with van der Waals surface area (Å²) in [5.41, 5.74) is 1.52.